The minimum atomic E-state index is -0.0281. The lowest BCUT2D eigenvalue weighted by Gasteiger charge is -2.31. The highest BCUT2D eigenvalue weighted by molar-refractivity contribution is 7.09. The molecule has 1 fully saturated rings. The van der Waals surface area contributed by atoms with E-state index in [1.54, 1.807) is 23.7 Å². The van der Waals surface area contributed by atoms with Gasteiger partial charge in [0, 0.05) is 30.7 Å². The number of aromatic nitrogens is 1. The lowest BCUT2D eigenvalue weighted by molar-refractivity contribution is 0.0907. The van der Waals surface area contributed by atoms with Crippen molar-refractivity contribution < 1.29 is 9.21 Å². The molecule has 112 valence electrons. The van der Waals surface area contributed by atoms with Crippen molar-refractivity contribution in [1.82, 2.24) is 15.2 Å². The average Bonchev–Trinajstić information content (AvgIpc) is 3.12. The van der Waals surface area contributed by atoms with Crippen LogP contribution in [0.1, 0.15) is 34.0 Å². The van der Waals surface area contributed by atoms with Gasteiger partial charge in [0.15, 0.2) is 0 Å². The molecule has 0 atom stereocenters. The fourth-order valence-electron chi connectivity index (χ4n) is 2.64. The predicted molar refractivity (Wildman–Crippen MR) is 81.3 cm³/mol. The Morgan fingerprint density at radius 3 is 2.95 bits per heavy atom. The molecule has 6 heteroatoms. The number of carbonyl (C=O) groups excluding carboxylic acids is 1. The van der Waals surface area contributed by atoms with E-state index in [9.17, 15) is 4.79 Å². The Hall–Kier alpha value is -1.66. The molecule has 2 aromatic rings. The summed E-state index contributed by atoms with van der Waals surface area (Å²) in [6, 6.07) is 1.97. The van der Waals surface area contributed by atoms with Gasteiger partial charge < -0.3 is 9.73 Å². The monoisotopic (exact) mass is 305 g/mol. The van der Waals surface area contributed by atoms with Crippen LogP contribution < -0.4 is 5.32 Å². The van der Waals surface area contributed by atoms with Crippen LogP contribution >= 0.6 is 11.3 Å². The number of nitrogens with one attached hydrogen (secondary N) is 1. The third-order valence-corrected chi connectivity index (χ3v) is 4.63. The Morgan fingerprint density at radius 2 is 2.33 bits per heavy atom. The van der Waals surface area contributed by atoms with Crippen LogP contribution in [0.4, 0.5) is 0 Å². The lowest BCUT2D eigenvalue weighted by atomic mass is 10.0. The number of amides is 1. The molecule has 1 N–H and O–H groups in total. The van der Waals surface area contributed by atoms with Crippen LogP contribution in [0.2, 0.25) is 0 Å². The highest BCUT2D eigenvalue weighted by Crippen LogP contribution is 2.16. The number of likely N-dealkylation sites (tertiary alicyclic amines) is 1. The van der Waals surface area contributed by atoms with E-state index >= 15 is 0 Å². The van der Waals surface area contributed by atoms with Crippen molar-refractivity contribution in [3.63, 3.8) is 0 Å². The van der Waals surface area contributed by atoms with Gasteiger partial charge in [-0.1, -0.05) is 0 Å². The van der Waals surface area contributed by atoms with E-state index in [0.717, 1.165) is 37.5 Å². The van der Waals surface area contributed by atoms with Crippen LogP contribution in [-0.4, -0.2) is 34.9 Å². The molecule has 21 heavy (non-hydrogen) atoms. The normalized spacial score (nSPS) is 17.0. The van der Waals surface area contributed by atoms with Crippen LogP contribution in [0.15, 0.2) is 28.3 Å². The smallest absolute Gasteiger partial charge is 0.255 e. The minimum Gasteiger partial charge on any atom is -0.469 e. The summed E-state index contributed by atoms with van der Waals surface area (Å²) in [6.07, 6.45) is 5.36. The Kier molecular flexibility index (Phi) is 4.36. The SMILES string of the molecule is Cc1occc1C(=O)NC1CCN(Cc2nccs2)CC1. The largest absolute Gasteiger partial charge is 0.469 e. The highest BCUT2D eigenvalue weighted by Gasteiger charge is 2.22. The third-order valence-electron chi connectivity index (χ3n) is 3.87. The molecule has 0 aliphatic carbocycles. The van der Waals surface area contributed by atoms with E-state index in [1.807, 2.05) is 18.5 Å². The molecule has 3 rings (SSSR count). The third kappa shape index (κ3) is 3.51. The maximum absolute atomic E-state index is 12.1. The number of hydrogen-bond acceptors (Lipinski definition) is 5. The summed E-state index contributed by atoms with van der Waals surface area (Å²) in [5, 5.41) is 6.27. The summed E-state index contributed by atoms with van der Waals surface area (Å²) >= 11 is 1.69. The molecule has 0 radical (unpaired) electrons. The van der Waals surface area contributed by atoms with E-state index in [-0.39, 0.29) is 11.9 Å². The number of thiazole rings is 1. The number of piperidine rings is 1. The summed E-state index contributed by atoms with van der Waals surface area (Å²) < 4.78 is 5.18. The molecule has 1 saturated heterocycles. The van der Waals surface area contributed by atoms with Crippen LogP contribution in [-0.2, 0) is 6.54 Å². The summed E-state index contributed by atoms with van der Waals surface area (Å²) in [5.74, 6) is 0.647. The van der Waals surface area contributed by atoms with Crippen molar-refractivity contribution in [1.29, 1.82) is 0 Å². The molecule has 2 aromatic heterocycles. The summed E-state index contributed by atoms with van der Waals surface area (Å²) in [7, 11) is 0. The average molecular weight is 305 g/mol. The van der Waals surface area contributed by atoms with Crippen LogP contribution in [0.3, 0.4) is 0 Å². The first-order valence-corrected chi connectivity index (χ1v) is 8.06. The number of aryl methyl sites for hydroxylation is 1. The second-order valence-electron chi connectivity index (χ2n) is 5.34. The van der Waals surface area contributed by atoms with E-state index < -0.39 is 0 Å². The maximum Gasteiger partial charge on any atom is 0.255 e. The van der Waals surface area contributed by atoms with Gasteiger partial charge in [0.05, 0.1) is 18.4 Å². The molecular formula is C15H19N3O2S. The molecule has 1 aliphatic heterocycles. The molecular weight excluding hydrogens is 286 g/mol. The molecule has 1 amide bonds. The standard InChI is InChI=1S/C15H19N3O2S/c1-11-13(4-8-20-11)15(19)17-12-2-6-18(7-3-12)10-14-16-5-9-21-14/h4-5,8-9,12H,2-3,6-7,10H2,1H3,(H,17,19). The number of furan rings is 1. The van der Waals surface area contributed by atoms with Gasteiger partial charge >= 0.3 is 0 Å². The maximum atomic E-state index is 12.1. The van der Waals surface area contributed by atoms with Gasteiger partial charge in [0.25, 0.3) is 5.91 Å². The number of hydrogen-bond donors (Lipinski definition) is 1. The van der Waals surface area contributed by atoms with Gasteiger partial charge in [0.1, 0.15) is 10.8 Å². The van der Waals surface area contributed by atoms with Gasteiger partial charge in [-0.25, -0.2) is 4.98 Å². The molecule has 5 nitrogen and oxygen atoms in total. The second kappa shape index (κ2) is 6.41. The predicted octanol–water partition coefficient (Wildman–Crippen LogP) is 2.44. The van der Waals surface area contributed by atoms with Crippen molar-refractivity contribution in [2.24, 2.45) is 0 Å². The fraction of sp³-hybridized carbons (Fsp3) is 0.467. The first kappa shape index (κ1) is 14.3. The van der Waals surface area contributed by atoms with Crippen molar-refractivity contribution in [3.05, 3.63) is 40.2 Å². The lowest BCUT2D eigenvalue weighted by Crippen LogP contribution is -2.44. The Bertz CT molecular complexity index is 586. The molecule has 0 saturated carbocycles. The van der Waals surface area contributed by atoms with Gasteiger partial charge in [-0.15, -0.1) is 11.3 Å². The molecule has 0 bridgehead atoms. The van der Waals surface area contributed by atoms with Gasteiger partial charge in [-0.3, -0.25) is 9.69 Å². The van der Waals surface area contributed by atoms with Gasteiger partial charge in [0.2, 0.25) is 0 Å². The number of rotatable bonds is 4. The zero-order chi connectivity index (χ0) is 14.7. The first-order valence-electron chi connectivity index (χ1n) is 7.18. The number of nitrogens with zero attached hydrogens (tertiary/aromatic N) is 2. The Balaban J connectivity index is 1.47. The van der Waals surface area contributed by atoms with Crippen molar-refractivity contribution in [2.75, 3.05) is 13.1 Å². The van der Waals surface area contributed by atoms with E-state index in [1.165, 1.54) is 0 Å². The zero-order valence-electron chi connectivity index (χ0n) is 12.0. The van der Waals surface area contributed by atoms with Crippen molar-refractivity contribution in [3.8, 4) is 0 Å². The van der Waals surface area contributed by atoms with Crippen LogP contribution in [0.5, 0.6) is 0 Å². The van der Waals surface area contributed by atoms with Gasteiger partial charge in [-0.05, 0) is 25.8 Å². The van der Waals surface area contributed by atoms with Crippen LogP contribution in [0, 0.1) is 6.92 Å². The molecule has 0 spiro atoms. The topological polar surface area (TPSA) is 58.4 Å². The van der Waals surface area contributed by atoms with E-state index in [4.69, 9.17) is 4.42 Å². The van der Waals surface area contributed by atoms with Crippen LogP contribution in [0.25, 0.3) is 0 Å². The summed E-state index contributed by atoms with van der Waals surface area (Å²) in [4.78, 5) is 18.9. The quantitative estimate of drug-likeness (QED) is 0.942. The highest BCUT2D eigenvalue weighted by atomic mass is 32.1. The van der Waals surface area contributed by atoms with E-state index in [2.05, 4.69) is 15.2 Å². The Labute approximate surface area is 128 Å². The molecule has 0 unspecified atom stereocenters. The molecule has 0 aromatic carbocycles. The van der Waals surface area contributed by atoms with Gasteiger partial charge in [-0.2, -0.15) is 0 Å². The minimum absolute atomic E-state index is 0.0281. The summed E-state index contributed by atoms with van der Waals surface area (Å²) in [6.45, 7) is 4.72. The second-order valence-corrected chi connectivity index (χ2v) is 6.32. The fourth-order valence-corrected chi connectivity index (χ4v) is 3.30. The molecule has 1 aliphatic rings. The first-order chi connectivity index (χ1) is 10.2. The van der Waals surface area contributed by atoms with E-state index in [0.29, 0.717) is 11.3 Å². The number of carbonyl (C=O) groups is 1. The summed E-state index contributed by atoms with van der Waals surface area (Å²) in [5.41, 5.74) is 0.639. The van der Waals surface area contributed by atoms with Crippen molar-refractivity contribution >= 4 is 17.2 Å². The molecule has 3 heterocycles. The Morgan fingerprint density at radius 1 is 1.52 bits per heavy atom. The zero-order valence-corrected chi connectivity index (χ0v) is 12.9. The van der Waals surface area contributed by atoms with Crippen molar-refractivity contribution in [2.45, 2.75) is 32.4 Å².